The number of nitrogens with one attached hydrogen (secondary N) is 2. The van der Waals surface area contributed by atoms with Gasteiger partial charge in [0.2, 0.25) is 5.91 Å². The van der Waals surface area contributed by atoms with Gasteiger partial charge in [-0.05, 0) is 26.7 Å². The molecule has 1 atom stereocenters. The first-order valence-corrected chi connectivity index (χ1v) is 7.07. The molecule has 2 N–H and O–H groups in total. The Balaban J connectivity index is 2.03. The molecule has 0 unspecified atom stereocenters. The molecule has 3 amide bonds. The standard InChI is InChI=1S/C13H22N6O2/c1-13(2,17-12(21)14-3)11(20)18-6-4-5-10(7-18)19-9-15-8-16-19/h8-10H,4-7H2,1-3H3,(H2,14,17,21)/t10-/m1/s1. The van der Waals surface area contributed by atoms with Crippen LogP contribution in [0.15, 0.2) is 12.7 Å². The molecule has 0 bridgehead atoms. The van der Waals surface area contributed by atoms with Gasteiger partial charge in [-0.25, -0.2) is 14.5 Å². The van der Waals surface area contributed by atoms with Gasteiger partial charge in [-0.1, -0.05) is 0 Å². The van der Waals surface area contributed by atoms with E-state index in [1.54, 1.807) is 29.8 Å². The smallest absolute Gasteiger partial charge is 0.315 e. The fraction of sp³-hybridized carbons (Fsp3) is 0.692. The van der Waals surface area contributed by atoms with Crippen molar-refractivity contribution in [2.24, 2.45) is 0 Å². The molecule has 0 spiro atoms. The van der Waals surface area contributed by atoms with E-state index in [-0.39, 0.29) is 18.0 Å². The lowest BCUT2D eigenvalue weighted by molar-refractivity contribution is -0.138. The van der Waals surface area contributed by atoms with Crippen molar-refractivity contribution < 1.29 is 9.59 Å². The molecule has 2 heterocycles. The largest absolute Gasteiger partial charge is 0.341 e. The topological polar surface area (TPSA) is 92.2 Å². The molecule has 1 aromatic heterocycles. The van der Waals surface area contributed by atoms with Crippen molar-refractivity contribution in [1.82, 2.24) is 30.3 Å². The summed E-state index contributed by atoms with van der Waals surface area (Å²) in [7, 11) is 1.53. The number of carbonyl (C=O) groups excluding carboxylic acids is 2. The first-order chi connectivity index (χ1) is 9.94. The van der Waals surface area contributed by atoms with Crippen LogP contribution in [0.25, 0.3) is 0 Å². The minimum Gasteiger partial charge on any atom is -0.341 e. The molecule has 0 saturated carbocycles. The summed E-state index contributed by atoms with van der Waals surface area (Å²) in [5.74, 6) is -0.0871. The number of hydrogen-bond acceptors (Lipinski definition) is 4. The highest BCUT2D eigenvalue weighted by atomic mass is 16.2. The van der Waals surface area contributed by atoms with E-state index in [1.807, 2.05) is 0 Å². The molecule has 8 nitrogen and oxygen atoms in total. The average Bonchev–Trinajstić information content (AvgIpc) is 3.00. The molecule has 1 saturated heterocycles. The van der Waals surface area contributed by atoms with E-state index in [1.165, 1.54) is 13.4 Å². The highest BCUT2D eigenvalue weighted by Crippen LogP contribution is 2.22. The molecule has 8 heteroatoms. The summed E-state index contributed by atoms with van der Waals surface area (Å²) < 4.78 is 1.79. The van der Waals surface area contributed by atoms with Gasteiger partial charge in [-0.15, -0.1) is 0 Å². The van der Waals surface area contributed by atoms with Crippen LogP contribution in [-0.2, 0) is 4.79 Å². The second-order valence-corrected chi connectivity index (χ2v) is 5.75. The molecule has 21 heavy (non-hydrogen) atoms. The molecule has 1 aliphatic heterocycles. The predicted molar refractivity (Wildman–Crippen MR) is 76.5 cm³/mol. The van der Waals surface area contributed by atoms with E-state index in [2.05, 4.69) is 20.7 Å². The van der Waals surface area contributed by atoms with Crippen LogP contribution in [0.1, 0.15) is 32.7 Å². The van der Waals surface area contributed by atoms with Gasteiger partial charge < -0.3 is 15.5 Å². The van der Waals surface area contributed by atoms with Crippen LogP contribution in [-0.4, -0.2) is 57.3 Å². The lowest BCUT2D eigenvalue weighted by atomic mass is 9.99. The summed E-state index contributed by atoms with van der Waals surface area (Å²) in [6.45, 7) is 4.71. The maximum atomic E-state index is 12.6. The third-order valence-electron chi connectivity index (χ3n) is 3.68. The Morgan fingerprint density at radius 2 is 2.14 bits per heavy atom. The lowest BCUT2D eigenvalue weighted by Crippen LogP contribution is -2.59. The van der Waals surface area contributed by atoms with E-state index >= 15 is 0 Å². The number of urea groups is 1. The average molecular weight is 294 g/mol. The van der Waals surface area contributed by atoms with Crippen molar-refractivity contribution in [3.8, 4) is 0 Å². The van der Waals surface area contributed by atoms with Crippen molar-refractivity contribution in [2.45, 2.75) is 38.3 Å². The zero-order chi connectivity index (χ0) is 15.5. The summed E-state index contributed by atoms with van der Waals surface area (Å²) >= 11 is 0. The van der Waals surface area contributed by atoms with Crippen LogP contribution in [0.4, 0.5) is 4.79 Å². The Morgan fingerprint density at radius 3 is 2.76 bits per heavy atom. The quantitative estimate of drug-likeness (QED) is 0.830. The zero-order valence-corrected chi connectivity index (χ0v) is 12.7. The third-order valence-corrected chi connectivity index (χ3v) is 3.68. The molecule has 2 rings (SSSR count). The minimum atomic E-state index is -0.940. The maximum Gasteiger partial charge on any atom is 0.315 e. The van der Waals surface area contributed by atoms with Gasteiger partial charge >= 0.3 is 6.03 Å². The fourth-order valence-corrected chi connectivity index (χ4v) is 2.56. The number of carbonyl (C=O) groups is 2. The van der Waals surface area contributed by atoms with Crippen LogP contribution in [0, 0.1) is 0 Å². The van der Waals surface area contributed by atoms with Gasteiger partial charge in [-0.3, -0.25) is 4.79 Å². The molecular formula is C13H22N6O2. The summed E-state index contributed by atoms with van der Waals surface area (Å²) in [6, 6.07) is -0.223. The van der Waals surface area contributed by atoms with Crippen LogP contribution in [0.2, 0.25) is 0 Å². The van der Waals surface area contributed by atoms with E-state index in [9.17, 15) is 9.59 Å². The number of amides is 3. The van der Waals surface area contributed by atoms with E-state index in [0.717, 1.165) is 12.8 Å². The third kappa shape index (κ3) is 3.50. The first kappa shape index (κ1) is 15.3. The highest BCUT2D eigenvalue weighted by Gasteiger charge is 2.36. The monoisotopic (exact) mass is 294 g/mol. The highest BCUT2D eigenvalue weighted by molar-refractivity contribution is 5.90. The Bertz CT molecular complexity index is 499. The maximum absolute atomic E-state index is 12.6. The lowest BCUT2D eigenvalue weighted by Gasteiger charge is -2.37. The second kappa shape index (κ2) is 6.11. The number of rotatable bonds is 3. The SMILES string of the molecule is CNC(=O)NC(C)(C)C(=O)N1CCC[C@@H](n2cncn2)C1. The number of hydrogen-bond donors (Lipinski definition) is 2. The molecule has 1 aliphatic rings. The van der Waals surface area contributed by atoms with Gasteiger partial charge in [-0.2, -0.15) is 5.10 Å². The number of aromatic nitrogens is 3. The molecule has 0 aromatic carbocycles. The molecule has 0 aliphatic carbocycles. The fourth-order valence-electron chi connectivity index (χ4n) is 2.56. The van der Waals surface area contributed by atoms with Crippen LogP contribution in [0.3, 0.4) is 0 Å². The molecule has 0 radical (unpaired) electrons. The van der Waals surface area contributed by atoms with Crippen molar-refractivity contribution in [3.63, 3.8) is 0 Å². The van der Waals surface area contributed by atoms with Crippen LogP contribution < -0.4 is 10.6 Å². The summed E-state index contributed by atoms with van der Waals surface area (Å²) in [6.07, 6.45) is 5.05. The molecular weight excluding hydrogens is 272 g/mol. The minimum absolute atomic E-state index is 0.0871. The number of piperidine rings is 1. The van der Waals surface area contributed by atoms with Gasteiger partial charge in [0.1, 0.15) is 18.2 Å². The van der Waals surface area contributed by atoms with Gasteiger partial charge in [0.15, 0.2) is 0 Å². The van der Waals surface area contributed by atoms with E-state index in [0.29, 0.717) is 13.1 Å². The molecule has 116 valence electrons. The number of likely N-dealkylation sites (tertiary alicyclic amines) is 1. The van der Waals surface area contributed by atoms with Gasteiger partial charge in [0.25, 0.3) is 0 Å². The van der Waals surface area contributed by atoms with Crippen LogP contribution >= 0.6 is 0 Å². The summed E-state index contributed by atoms with van der Waals surface area (Å²) in [4.78, 5) is 29.8. The van der Waals surface area contributed by atoms with Crippen LogP contribution in [0.5, 0.6) is 0 Å². The molecule has 1 fully saturated rings. The van der Waals surface area contributed by atoms with Crippen molar-refractivity contribution in [2.75, 3.05) is 20.1 Å². The zero-order valence-electron chi connectivity index (χ0n) is 12.7. The Morgan fingerprint density at radius 1 is 1.38 bits per heavy atom. The van der Waals surface area contributed by atoms with Crippen molar-refractivity contribution >= 4 is 11.9 Å². The number of nitrogens with zero attached hydrogens (tertiary/aromatic N) is 4. The Hall–Kier alpha value is -2.12. The van der Waals surface area contributed by atoms with E-state index in [4.69, 9.17) is 0 Å². The summed E-state index contributed by atoms with van der Waals surface area (Å²) in [5.41, 5.74) is -0.940. The first-order valence-electron chi connectivity index (χ1n) is 7.07. The van der Waals surface area contributed by atoms with E-state index < -0.39 is 5.54 Å². The Kier molecular flexibility index (Phi) is 4.44. The Labute approximate surface area is 123 Å². The normalized spacial score (nSPS) is 19.2. The van der Waals surface area contributed by atoms with Gasteiger partial charge in [0, 0.05) is 20.1 Å². The van der Waals surface area contributed by atoms with Gasteiger partial charge in [0.05, 0.1) is 6.04 Å². The molecule has 1 aromatic rings. The second-order valence-electron chi connectivity index (χ2n) is 5.75. The summed E-state index contributed by atoms with van der Waals surface area (Å²) in [5, 5.41) is 9.29. The van der Waals surface area contributed by atoms with Crippen molar-refractivity contribution in [1.29, 1.82) is 0 Å². The predicted octanol–water partition coefficient (Wildman–Crippen LogP) is 0.149. The van der Waals surface area contributed by atoms with Crippen molar-refractivity contribution in [3.05, 3.63) is 12.7 Å².